The third-order valence-corrected chi connectivity index (χ3v) is 3.24. The molecule has 5 nitrogen and oxygen atoms in total. The lowest BCUT2D eigenvalue weighted by Gasteiger charge is -2.17. The number of rotatable bonds is 5. The van der Waals surface area contributed by atoms with Crippen molar-refractivity contribution in [2.24, 2.45) is 5.92 Å². The van der Waals surface area contributed by atoms with Gasteiger partial charge in [-0.05, 0) is 25.0 Å². The van der Waals surface area contributed by atoms with Crippen molar-refractivity contribution in [3.05, 3.63) is 18.2 Å². The molecule has 1 amide bonds. The molecule has 0 bridgehead atoms. The molecule has 1 aliphatic heterocycles. The van der Waals surface area contributed by atoms with E-state index in [1.54, 1.807) is 6.07 Å². The van der Waals surface area contributed by atoms with Gasteiger partial charge in [0.15, 0.2) is 11.5 Å². The van der Waals surface area contributed by atoms with Gasteiger partial charge in [0.25, 0.3) is 0 Å². The van der Waals surface area contributed by atoms with E-state index < -0.39 is 6.29 Å². The Bertz CT molecular complexity index is 535. The fraction of sp³-hybridized carbons (Fsp3) is 0.500. The molecule has 1 heterocycles. The number of benzene rings is 1. The van der Waals surface area contributed by atoms with Crippen molar-refractivity contribution in [2.45, 2.75) is 33.1 Å². The van der Waals surface area contributed by atoms with Crippen LogP contribution >= 0.6 is 0 Å². The minimum atomic E-state index is -3.63. The Morgan fingerprint density at radius 2 is 1.90 bits per heavy atom. The summed E-state index contributed by atoms with van der Waals surface area (Å²) in [6, 6.07) is 4.35. The average Bonchev–Trinajstić information content (AvgIpc) is 2.69. The number of hydrogen-bond acceptors (Lipinski definition) is 4. The van der Waals surface area contributed by atoms with E-state index in [-0.39, 0.29) is 30.0 Å². The van der Waals surface area contributed by atoms with Crippen molar-refractivity contribution >= 4 is 11.6 Å². The second-order valence-corrected chi connectivity index (χ2v) is 5.28. The summed E-state index contributed by atoms with van der Waals surface area (Å²) in [5.74, 6) is 0.0882. The first kappa shape index (κ1) is 15.3. The van der Waals surface area contributed by atoms with E-state index in [0.717, 1.165) is 0 Å². The SMILES string of the molecule is CC(C)C(C)NC(=O)CNc1ccc2c(c1)OC(F)(F)O2. The summed E-state index contributed by atoms with van der Waals surface area (Å²) in [6.07, 6.45) is -3.63. The Kier molecular flexibility index (Phi) is 4.20. The van der Waals surface area contributed by atoms with E-state index in [1.807, 2.05) is 20.8 Å². The van der Waals surface area contributed by atoms with Crippen LogP contribution in [0.15, 0.2) is 18.2 Å². The highest BCUT2D eigenvalue weighted by molar-refractivity contribution is 5.81. The lowest BCUT2D eigenvalue weighted by Crippen LogP contribution is -2.39. The number of carbonyl (C=O) groups is 1. The van der Waals surface area contributed by atoms with E-state index in [9.17, 15) is 13.6 Å². The third-order valence-electron chi connectivity index (χ3n) is 3.24. The second-order valence-electron chi connectivity index (χ2n) is 5.28. The molecule has 2 rings (SSSR count). The quantitative estimate of drug-likeness (QED) is 0.877. The van der Waals surface area contributed by atoms with Crippen LogP contribution in [0.4, 0.5) is 14.5 Å². The van der Waals surface area contributed by atoms with E-state index >= 15 is 0 Å². The zero-order valence-corrected chi connectivity index (χ0v) is 12.1. The summed E-state index contributed by atoms with van der Waals surface area (Å²) in [4.78, 5) is 11.7. The molecule has 1 unspecified atom stereocenters. The van der Waals surface area contributed by atoms with Gasteiger partial charge in [0.05, 0.1) is 6.54 Å². The number of amides is 1. The number of nitrogens with one attached hydrogen (secondary N) is 2. The first-order valence-corrected chi connectivity index (χ1v) is 6.70. The van der Waals surface area contributed by atoms with Gasteiger partial charge in [-0.3, -0.25) is 4.79 Å². The summed E-state index contributed by atoms with van der Waals surface area (Å²) >= 11 is 0. The summed E-state index contributed by atoms with van der Waals surface area (Å²) in [6.45, 7) is 5.99. The Balaban J connectivity index is 1.89. The van der Waals surface area contributed by atoms with Crippen LogP contribution in [0.5, 0.6) is 11.5 Å². The summed E-state index contributed by atoms with van der Waals surface area (Å²) < 4.78 is 34.4. The van der Waals surface area contributed by atoms with Crippen LogP contribution in [0.2, 0.25) is 0 Å². The Morgan fingerprint density at radius 1 is 1.24 bits per heavy atom. The van der Waals surface area contributed by atoms with Gasteiger partial charge in [0.1, 0.15) is 0 Å². The minimum absolute atomic E-state index is 0.0246. The molecule has 116 valence electrons. The maximum atomic E-state index is 12.9. The van der Waals surface area contributed by atoms with Gasteiger partial charge in [-0.15, -0.1) is 8.78 Å². The van der Waals surface area contributed by atoms with Gasteiger partial charge in [-0.2, -0.15) is 0 Å². The molecule has 2 N–H and O–H groups in total. The lowest BCUT2D eigenvalue weighted by molar-refractivity contribution is -0.286. The third kappa shape index (κ3) is 3.96. The number of ether oxygens (including phenoxy) is 2. The number of anilines is 1. The van der Waals surface area contributed by atoms with Crippen molar-refractivity contribution in [3.8, 4) is 11.5 Å². The van der Waals surface area contributed by atoms with Crippen molar-refractivity contribution < 1.29 is 23.0 Å². The standard InChI is InChI=1S/C14H18F2N2O3/c1-8(2)9(3)18-13(19)7-17-10-4-5-11-12(6-10)21-14(15,16)20-11/h4-6,8-9,17H,7H2,1-3H3,(H,18,19). The van der Waals surface area contributed by atoms with Crippen LogP contribution in [0.1, 0.15) is 20.8 Å². The predicted molar refractivity (Wildman–Crippen MR) is 73.6 cm³/mol. The van der Waals surface area contributed by atoms with Crippen molar-refractivity contribution in [1.82, 2.24) is 5.32 Å². The maximum Gasteiger partial charge on any atom is 0.586 e. The van der Waals surface area contributed by atoms with Crippen LogP contribution < -0.4 is 20.1 Å². The highest BCUT2D eigenvalue weighted by atomic mass is 19.3. The second kappa shape index (κ2) is 5.75. The molecule has 1 aliphatic rings. The molecular formula is C14H18F2N2O3. The van der Waals surface area contributed by atoms with E-state index in [4.69, 9.17) is 0 Å². The number of hydrogen-bond donors (Lipinski definition) is 2. The van der Waals surface area contributed by atoms with Gasteiger partial charge in [0, 0.05) is 17.8 Å². The molecular weight excluding hydrogens is 282 g/mol. The van der Waals surface area contributed by atoms with Crippen molar-refractivity contribution in [1.29, 1.82) is 0 Å². The topological polar surface area (TPSA) is 59.6 Å². The molecule has 1 atom stereocenters. The molecule has 0 radical (unpaired) electrons. The van der Waals surface area contributed by atoms with Crippen LogP contribution in [0.3, 0.4) is 0 Å². The summed E-state index contributed by atoms with van der Waals surface area (Å²) in [7, 11) is 0. The molecule has 0 aromatic heterocycles. The van der Waals surface area contributed by atoms with E-state index in [1.165, 1.54) is 12.1 Å². The van der Waals surface area contributed by atoms with Crippen molar-refractivity contribution in [2.75, 3.05) is 11.9 Å². The molecule has 0 saturated heterocycles. The number of halogens is 2. The number of alkyl halides is 2. The van der Waals surface area contributed by atoms with Gasteiger partial charge in [-0.1, -0.05) is 13.8 Å². The Morgan fingerprint density at radius 3 is 2.57 bits per heavy atom. The zero-order chi connectivity index (χ0) is 15.6. The highest BCUT2D eigenvalue weighted by Crippen LogP contribution is 2.42. The first-order chi connectivity index (χ1) is 9.77. The molecule has 21 heavy (non-hydrogen) atoms. The monoisotopic (exact) mass is 300 g/mol. The van der Waals surface area contributed by atoms with Gasteiger partial charge < -0.3 is 20.1 Å². The maximum absolute atomic E-state index is 12.9. The largest absolute Gasteiger partial charge is 0.586 e. The normalized spacial score (nSPS) is 16.7. The minimum Gasteiger partial charge on any atom is -0.395 e. The van der Waals surface area contributed by atoms with Crippen LogP contribution in [0.25, 0.3) is 0 Å². The number of fused-ring (bicyclic) bond motifs is 1. The Hall–Kier alpha value is -2.05. The van der Waals surface area contributed by atoms with Gasteiger partial charge >= 0.3 is 6.29 Å². The van der Waals surface area contributed by atoms with Gasteiger partial charge in [-0.25, -0.2) is 0 Å². The fourth-order valence-corrected chi connectivity index (χ4v) is 1.71. The molecule has 0 spiro atoms. The van der Waals surface area contributed by atoms with Gasteiger partial charge in [0.2, 0.25) is 5.91 Å². The average molecular weight is 300 g/mol. The molecule has 1 aromatic carbocycles. The van der Waals surface area contributed by atoms with Crippen LogP contribution in [-0.4, -0.2) is 24.8 Å². The van der Waals surface area contributed by atoms with E-state index in [2.05, 4.69) is 20.1 Å². The van der Waals surface area contributed by atoms with Crippen LogP contribution in [-0.2, 0) is 4.79 Å². The van der Waals surface area contributed by atoms with E-state index in [0.29, 0.717) is 11.6 Å². The summed E-state index contributed by atoms with van der Waals surface area (Å²) in [5, 5.41) is 5.69. The van der Waals surface area contributed by atoms with Crippen LogP contribution in [0, 0.1) is 5.92 Å². The highest BCUT2D eigenvalue weighted by Gasteiger charge is 2.43. The van der Waals surface area contributed by atoms with Crippen molar-refractivity contribution in [3.63, 3.8) is 0 Å². The molecule has 0 fully saturated rings. The number of carbonyl (C=O) groups excluding carboxylic acids is 1. The lowest BCUT2D eigenvalue weighted by atomic mass is 10.1. The molecule has 0 aliphatic carbocycles. The molecule has 7 heteroatoms. The molecule has 0 saturated carbocycles. The first-order valence-electron chi connectivity index (χ1n) is 6.70. The zero-order valence-electron chi connectivity index (χ0n) is 12.1. The summed E-state index contributed by atoms with van der Waals surface area (Å²) in [5.41, 5.74) is 0.502. The Labute approximate surface area is 121 Å². The fourth-order valence-electron chi connectivity index (χ4n) is 1.71. The predicted octanol–water partition coefficient (Wildman–Crippen LogP) is 2.58. The molecule has 1 aromatic rings. The smallest absolute Gasteiger partial charge is 0.395 e.